The van der Waals surface area contributed by atoms with Crippen LogP contribution < -0.4 is 11.2 Å². The third kappa shape index (κ3) is 1.14. The number of aromatic amines is 1. The Bertz CT molecular complexity index is 567. The van der Waals surface area contributed by atoms with Gasteiger partial charge in [-0.3, -0.25) is 4.79 Å². The average Bonchev–Trinajstić information content (AvgIpc) is 2.02. The Balaban J connectivity index is 3.12. The number of nitrogens with one attached hydrogen (secondary N) is 1. The number of H-pyrrole nitrogens is 1. The predicted molar refractivity (Wildman–Crippen MR) is 45.6 cm³/mol. The van der Waals surface area contributed by atoms with Crippen molar-refractivity contribution in [2.45, 2.75) is 6.92 Å². The number of hydrogen-bond donors (Lipinski definition) is 1. The molecule has 0 amide bonds. The lowest BCUT2D eigenvalue weighted by molar-refractivity contribution is 0.547. The van der Waals surface area contributed by atoms with Gasteiger partial charge in [-0.2, -0.15) is 0 Å². The maximum atomic E-state index is 11.3. The van der Waals surface area contributed by atoms with Crippen molar-refractivity contribution in [1.82, 2.24) is 9.97 Å². The molecule has 2 aromatic rings. The Hall–Kier alpha value is -1.91. The topological polar surface area (TPSA) is 76.0 Å². The Kier molecular flexibility index (Phi) is 1.51. The third-order valence-electron chi connectivity index (χ3n) is 1.74. The highest BCUT2D eigenvalue weighted by Crippen LogP contribution is 2.06. The first-order valence-corrected chi connectivity index (χ1v) is 3.66. The molecule has 0 bridgehead atoms. The molecule has 13 heavy (non-hydrogen) atoms. The summed E-state index contributed by atoms with van der Waals surface area (Å²) >= 11 is 0. The summed E-state index contributed by atoms with van der Waals surface area (Å²) in [7, 11) is 0. The summed E-state index contributed by atoms with van der Waals surface area (Å²) in [5.41, 5.74) is -0.149. The van der Waals surface area contributed by atoms with E-state index in [2.05, 4.69) is 9.97 Å². The van der Waals surface area contributed by atoms with Gasteiger partial charge in [0.05, 0.1) is 6.33 Å². The fourth-order valence-electron chi connectivity index (χ4n) is 1.18. The number of nitrogens with zero attached hydrogens (tertiary/aromatic N) is 1. The minimum atomic E-state index is -0.497. The SMILES string of the molecule is Cc1cc(=O)oc2nc[nH]c(=O)c12. The first-order valence-electron chi connectivity index (χ1n) is 3.66. The molecule has 66 valence electrons. The highest BCUT2D eigenvalue weighted by atomic mass is 16.4. The highest BCUT2D eigenvalue weighted by molar-refractivity contribution is 5.74. The average molecular weight is 178 g/mol. The molecular weight excluding hydrogens is 172 g/mol. The van der Waals surface area contributed by atoms with Crippen molar-refractivity contribution >= 4 is 11.1 Å². The second-order valence-electron chi connectivity index (χ2n) is 2.66. The Morgan fingerprint density at radius 3 is 3.00 bits per heavy atom. The van der Waals surface area contributed by atoms with Gasteiger partial charge < -0.3 is 9.40 Å². The molecule has 0 saturated heterocycles. The van der Waals surface area contributed by atoms with E-state index in [0.29, 0.717) is 10.9 Å². The van der Waals surface area contributed by atoms with Crippen LogP contribution in [0.25, 0.3) is 11.1 Å². The fourth-order valence-corrected chi connectivity index (χ4v) is 1.18. The molecule has 0 saturated carbocycles. The van der Waals surface area contributed by atoms with Crippen LogP contribution in [0.3, 0.4) is 0 Å². The molecule has 0 aromatic carbocycles. The summed E-state index contributed by atoms with van der Waals surface area (Å²) in [6.07, 6.45) is 1.20. The van der Waals surface area contributed by atoms with Gasteiger partial charge in [-0.25, -0.2) is 9.78 Å². The lowest BCUT2D eigenvalue weighted by Crippen LogP contribution is -2.10. The van der Waals surface area contributed by atoms with E-state index < -0.39 is 5.63 Å². The molecular formula is C8H6N2O3. The molecule has 1 N–H and O–H groups in total. The van der Waals surface area contributed by atoms with Crippen molar-refractivity contribution in [3.8, 4) is 0 Å². The van der Waals surface area contributed by atoms with Gasteiger partial charge in [0, 0.05) is 6.07 Å². The molecule has 2 aromatic heterocycles. The zero-order valence-electron chi connectivity index (χ0n) is 6.83. The van der Waals surface area contributed by atoms with Crippen molar-refractivity contribution in [3.05, 3.63) is 38.7 Å². The molecule has 0 aliphatic carbocycles. The van der Waals surface area contributed by atoms with Crippen molar-refractivity contribution in [1.29, 1.82) is 0 Å². The van der Waals surface area contributed by atoms with Crippen molar-refractivity contribution < 1.29 is 4.42 Å². The molecule has 2 rings (SSSR count). The minimum absolute atomic E-state index is 0.0775. The third-order valence-corrected chi connectivity index (χ3v) is 1.74. The lowest BCUT2D eigenvalue weighted by Gasteiger charge is -1.95. The van der Waals surface area contributed by atoms with Crippen LogP contribution in [0.15, 0.2) is 26.4 Å². The lowest BCUT2D eigenvalue weighted by atomic mass is 10.2. The molecule has 5 nitrogen and oxygen atoms in total. The van der Waals surface area contributed by atoms with Gasteiger partial charge in [0.15, 0.2) is 0 Å². The quantitative estimate of drug-likeness (QED) is 0.624. The van der Waals surface area contributed by atoms with Gasteiger partial charge in [-0.1, -0.05) is 0 Å². The Labute approximate surface area is 72.0 Å². The van der Waals surface area contributed by atoms with E-state index in [1.807, 2.05) is 0 Å². The second kappa shape index (κ2) is 2.55. The summed E-state index contributed by atoms with van der Waals surface area (Å²) < 4.78 is 4.74. The van der Waals surface area contributed by atoms with Crippen LogP contribution in [0.4, 0.5) is 0 Å². The van der Waals surface area contributed by atoms with Crippen LogP contribution in [0.5, 0.6) is 0 Å². The minimum Gasteiger partial charge on any atom is -0.403 e. The number of aromatic nitrogens is 2. The normalized spacial score (nSPS) is 10.5. The summed E-state index contributed by atoms with van der Waals surface area (Å²) in [5.74, 6) is 0. The van der Waals surface area contributed by atoms with Crippen molar-refractivity contribution in [2.75, 3.05) is 0 Å². The summed E-state index contributed by atoms with van der Waals surface area (Å²) in [5, 5.41) is 0.321. The predicted octanol–water partition coefficient (Wildman–Crippen LogP) is 0.185. The van der Waals surface area contributed by atoms with Gasteiger partial charge in [0.25, 0.3) is 5.56 Å². The number of hydrogen-bond acceptors (Lipinski definition) is 4. The van der Waals surface area contributed by atoms with E-state index in [0.717, 1.165) is 0 Å². The van der Waals surface area contributed by atoms with Gasteiger partial charge >= 0.3 is 5.63 Å². The van der Waals surface area contributed by atoms with Crippen LogP contribution in [-0.4, -0.2) is 9.97 Å². The molecule has 0 atom stereocenters. The van der Waals surface area contributed by atoms with E-state index in [4.69, 9.17) is 4.42 Å². The van der Waals surface area contributed by atoms with E-state index in [1.54, 1.807) is 6.92 Å². The molecule has 5 heteroatoms. The number of aryl methyl sites for hydroxylation is 1. The molecule has 0 aliphatic heterocycles. The van der Waals surface area contributed by atoms with Crippen molar-refractivity contribution in [2.24, 2.45) is 0 Å². The van der Waals surface area contributed by atoms with Crippen LogP contribution in [0.1, 0.15) is 5.56 Å². The monoisotopic (exact) mass is 178 g/mol. The maximum Gasteiger partial charge on any atom is 0.337 e. The summed E-state index contributed by atoms with van der Waals surface area (Å²) in [6.45, 7) is 1.66. The van der Waals surface area contributed by atoms with E-state index in [9.17, 15) is 9.59 Å². The molecule has 0 unspecified atom stereocenters. The van der Waals surface area contributed by atoms with Crippen LogP contribution in [0.2, 0.25) is 0 Å². The first kappa shape index (κ1) is 7.72. The maximum absolute atomic E-state index is 11.3. The Morgan fingerprint density at radius 2 is 2.23 bits per heavy atom. The van der Waals surface area contributed by atoms with Crippen LogP contribution in [0, 0.1) is 6.92 Å². The smallest absolute Gasteiger partial charge is 0.337 e. The summed E-state index contributed by atoms with van der Waals surface area (Å²) in [4.78, 5) is 28.3. The van der Waals surface area contributed by atoms with Gasteiger partial charge in [-0.15, -0.1) is 0 Å². The largest absolute Gasteiger partial charge is 0.403 e. The zero-order valence-corrected chi connectivity index (χ0v) is 6.83. The van der Waals surface area contributed by atoms with Crippen molar-refractivity contribution in [3.63, 3.8) is 0 Å². The summed E-state index contributed by atoms with van der Waals surface area (Å²) in [6, 6.07) is 1.26. The molecule has 2 heterocycles. The second-order valence-corrected chi connectivity index (χ2v) is 2.66. The molecule has 0 fully saturated rings. The van der Waals surface area contributed by atoms with E-state index in [1.165, 1.54) is 12.4 Å². The van der Waals surface area contributed by atoms with Gasteiger partial charge in [0.2, 0.25) is 5.71 Å². The van der Waals surface area contributed by atoms with Crippen LogP contribution >= 0.6 is 0 Å². The van der Waals surface area contributed by atoms with Crippen LogP contribution in [-0.2, 0) is 0 Å². The number of fused-ring (bicyclic) bond motifs is 1. The standard InChI is InChI=1S/C8H6N2O3/c1-4-2-5(11)13-8-6(4)7(12)9-3-10-8/h2-3H,1H3,(H,9,10,12). The van der Waals surface area contributed by atoms with E-state index >= 15 is 0 Å². The Morgan fingerprint density at radius 1 is 1.46 bits per heavy atom. The van der Waals surface area contributed by atoms with Gasteiger partial charge in [-0.05, 0) is 12.5 Å². The molecule has 0 radical (unpaired) electrons. The molecule has 0 spiro atoms. The molecule has 0 aliphatic rings. The first-order chi connectivity index (χ1) is 6.18. The van der Waals surface area contributed by atoms with Gasteiger partial charge in [0.1, 0.15) is 5.39 Å². The fraction of sp³-hybridized carbons (Fsp3) is 0.125. The highest BCUT2D eigenvalue weighted by Gasteiger charge is 2.05. The zero-order chi connectivity index (χ0) is 9.42. The van der Waals surface area contributed by atoms with E-state index in [-0.39, 0.29) is 11.3 Å². The number of rotatable bonds is 0.